The first-order valence-corrected chi connectivity index (χ1v) is 3.69. The van der Waals surface area contributed by atoms with Crippen LogP contribution >= 0.6 is 0 Å². The van der Waals surface area contributed by atoms with Crippen molar-refractivity contribution in [3.8, 4) is 0 Å². The van der Waals surface area contributed by atoms with Gasteiger partial charge in [0.05, 0.1) is 6.10 Å². The normalized spacial score (nSPS) is 15.0. The fourth-order valence-corrected chi connectivity index (χ4v) is 0.487. The van der Waals surface area contributed by atoms with Gasteiger partial charge in [0.15, 0.2) is 0 Å². The summed E-state index contributed by atoms with van der Waals surface area (Å²) >= 11 is 0. The first kappa shape index (κ1) is 11.1. The summed E-state index contributed by atoms with van der Waals surface area (Å²) in [5.74, 6) is -0.604. The van der Waals surface area contributed by atoms with Crippen LogP contribution in [-0.4, -0.2) is 29.8 Å². The SMILES string of the molecule is C=C(C)COC(=O)[C@@H](N)[C@@H](C)O. The minimum absolute atomic E-state index is 0.152. The molecule has 0 saturated heterocycles. The van der Waals surface area contributed by atoms with Crippen LogP contribution in [0.2, 0.25) is 0 Å². The first-order chi connectivity index (χ1) is 5.45. The van der Waals surface area contributed by atoms with Gasteiger partial charge in [0.2, 0.25) is 0 Å². The minimum Gasteiger partial charge on any atom is -0.460 e. The van der Waals surface area contributed by atoms with E-state index < -0.39 is 18.1 Å². The molecule has 4 heteroatoms. The predicted molar refractivity (Wildman–Crippen MR) is 45.4 cm³/mol. The highest BCUT2D eigenvalue weighted by atomic mass is 16.5. The van der Waals surface area contributed by atoms with Gasteiger partial charge in [0.25, 0.3) is 0 Å². The highest BCUT2D eigenvalue weighted by molar-refractivity contribution is 5.76. The van der Waals surface area contributed by atoms with E-state index >= 15 is 0 Å². The van der Waals surface area contributed by atoms with Crippen molar-refractivity contribution in [1.82, 2.24) is 0 Å². The van der Waals surface area contributed by atoms with Crippen LogP contribution in [0.4, 0.5) is 0 Å². The molecule has 0 aliphatic carbocycles. The van der Waals surface area contributed by atoms with E-state index in [2.05, 4.69) is 6.58 Å². The predicted octanol–water partition coefficient (Wildman–Crippen LogP) is -0.186. The molecule has 0 saturated carbocycles. The highest BCUT2D eigenvalue weighted by Gasteiger charge is 2.19. The molecule has 0 bridgehead atoms. The lowest BCUT2D eigenvalue weighted by atomic mass is 10.2. The van der Waals surface area contributed by atoms with Crippen LogP contribution < -0.4 is 5.73 Å². The summed E-state index contributed by atoms with van der Waals surface area (Å²) in [6.45, 7) is 6.88. The summed E-state index contributed by atoms with van der Waals surface area (Å²) < 4.78 is 4.70. The summed E-state index contributed by atoms with van der Waals surface area (Å²) in [7, 11) is 0. The van der Waals surface area contributed by atoms with Crippen molar-refractivity contribution < 1.29 is 14.6 Å². The van der Waals surface area contributed by atoms with Gasteiger partial charge < -0.3 is 15.6 Å². The third-order valence-corrected chi connectivity index (χ3v) is 1.25. The Hall–Kier alpha value is -0.870. The number of carbonyl (C=O) groups excluding carboxylic acids is 1. The second-order valence-corrected chi connectivity index (χ2v) is 2.83. The summed E-state index contributed by atoms with van der Waals surface area (Å²) in [5, 5.41) is 8.91. The molecule has 0 spiro atoms. The molecule has 0 aliphatic heterocycles. The maximum atomic E-state index is 10.9. The van der Waals surface area contributed by atoms with Crippen molar-refractivity contribution >= 4 is 5.97 Å². The average molecular weight is 173 g/mol. The lowest BCUT2D eigenvalue weighted by molar-refractivity contribution is -0.146. The van der Waals surface area contributed by atoms with E-state index in [1.165, 1.54) is 6.92 Å². The lowest BCUT2D eigenvalue weighted by Crippen LogP contribution is -2.41. The third-order valence-electron chi connectivity index (χ3n) is 1.25. The summed E-state index contributed by atoms with van der Waals surface area (Å²) in [5.41, 5.74) is 6.03. The lowest BCUT2D eigenvalue weighted by Gasteiger charge is -2.13. The second-order valence-electron chi connectivity index (χ2n) is 2.83. The Labute approximate surface area is 72.0 Å². The molecule has 0 aromatic rings. The zero-order chi connectivity index (χ0) is 9.72. The number of aliphatic hydroxyl groups excluding tert-OH is 1. The topological polar surface area (TPSA) is 72.5 Å². The Morgan fingerprint density at radius 2 is 2.25 bits per heavy atom. The van der Waals surface area contributed by atoms with Crippen molar-refractivity contribution in [2.75, 3.05) is 6.61 Å². The molecule has 12 heavy (non-hydrogen) atoms. The number of aliphatic hydroxyl groups is 1. The zero-order valence-electron chi connectivity index (χ0n) is 7.41. The van der Waals surface area contributed by atoms with Gasteiger partial charge in [-0.3, -0.25) is 4.79 Å². The Morgan fingerprint density at radius 1 is 1.75 bits per heavy atom. The van der Waals surface area contributed by atoms with E-state index in [1.807, 2.05) is 0 Å². The number of ether oxygens (including phenoxy) is 1. The number of hydrogen-bond acceptors (Lipinski definition) is 4. The van der Waals surface area contributed by atoms with Gasteiger partial charge in [-0.15, -0.1) is 0 Å². The smallest absolute Gasteiger partial charge is 0.325 e. The van der Waals surface area contributed by atoms with Gasteiger partial charge in [-0.05, 0) is 19.4 Å². The largest absolute Gasteiger partial charge is 0.460 e. The molecule has 0 fully saturated rings. The molecule has 70 valence electrons. The molecule has 0 amide bonds. The molecule has 2 atom stereocenters. The summed E-state index contributed by atoms with van der Waals surface area (Å²) in [6, 6.07) is -0.968. The van der Waals surface area contributed by atoms with Gasteiger partial charge in [0.1, 0.15) is 12.6 Å². The van der Waals surface area contributed by atoms with E-state index in [9.17, 15) is 4.79 Å². The number of carbonyl (C=O) groups is 1. The quantitative estimate of drug-likeness (QED) is 0.456. The number of nitrogens with two attached hydrogens (primary N) is 1. The number of rotatable bonds is 4. The van der Waals surface area contributed by atoms with Crippen molar-refractivity contribution in [2.45, 2.75) is 26.0 Å². The van der Waals surface area contributed by atoms with Crippen molar-refractivity contribution in [1.29, 1.82) is 0 Å². The molecule has 0 heterocycles. The van der Waals surface area contributed by atoms with E-state index in [-0.39, 0.29) is 6.61 Å². The van der Waals surface area contributed by atoms with Crippen molar-refractivity contribution in [3.05, 3.63) is 12.2 Å². The zero-order valence-corrected chi connectivity index (χ0v) is 7.41. The standard InChI is InChI=1S/C8H15NO3/c1-5(2)4-12-8(11)7(9)6(3)10/h6-7,10H,1,4,9H2,2-3H3/t6-,7+/m1/s1. The number of esters is 1. The van der Waals surface area contributed by atoms with E-state index in [0.29, 0.717) is 0 Å². The molecular formula is C8H15NO3. The Bertz CT molecular complexity index is 177. The maximum absolute atomic E-state index is 10.9. The van der Waals surface area contributed by atoms with Gasteiger partial charge in [-0.25, -0.2) is 0 Å². The Balaban J connectivity index is 3.80. The van der Waals surface area contributed by atoms with Gasteiger partial charge >= 0.3 is 5.97 Å². The molecule has 0 aliphatic rings. The summed E-state index contributed by atoms with van der Waals surface area (Å²) in [6.07, 6.45) is -0.886. The van der Waals surface area contributed by atoms with Crippen LogP contribution in [-0.2, 0) is 9.53 Å². The molecule has 0 radical (unpaired) electrons. The van der Waals surface area contributed by atoms with E-state index in [4.69, 9.17) is 15.6 Å². The molecule has 4 nitrogen and oxygen atoms in total. The molecule has 0 rings (SSSR count). The molecule has 0 aromatic carbocycles. The van der Waals surface area contributed by atoms with Crippen LogP contribution in [0.1, 0.15) is 13.8 Å². The van der Waals surface area contributed by atoms with Crippen LogP contribution in [0.3, 0.4) is 0 Å². The Morgan fingerprint density at radius 3 is 2.58 bits per heavy atom. The van der Waals surface area contributed by atoms with E-state index in [1.54, 1.807) is 6.92 Å². The van der Waals surface area contributed by atoms with E-state index in [0.717, 1.165) is 5.57 Å². The van der Waals surface area contributed by atoms with Crippen molar-refractivity contribution in [3.63, 3.8) is 0 Å². The minimum atomic E-state index is -0.968. The third kappa shape index (κ3) is 4.10. The molecular weight excluding hydrogens is 158 g/mol. The van der Waals surface area contributed by atoms with Crippen LogP contribution in [0.25, 0.3) is 0 Å². The summed E-state index contributed by atoms with van der Waals surface area (Å²) in [4.78, 5) is 10.9. The number of hydrogen-bond donors (Lipinski definition) is 2. The van der Waals surface area contributed by atoms with Crippen LogP contribution in [0, 0.1) is 0 Å². The fraction of sp³-hybridized carbons (Fsp3) is 0.625. The fourth-order valence-electron chi connectivity index (χ4n) is 0.487. The first-order valence-electron chi connectivity index (χ1n) is 3.69. The Kier molecular flexibility index (Phi) is 4.54. The molecule has 0 unspecified atom stereocenters. The van der Waals surface area contributed by atoms with Crippen LogP contribution in [0.5, 0.6) is 0 Å². The average Bonchev–Trinajstić information content (AvgIpc) is 1.98. The molecule has 0 aromatic heterocycles. The molecule has 3 N–H and O–H groups in total. The highest BCUT2D eigenvalue weighted by Crippen LogP contribution is 1.95. The monoisotopic (exact) mass is 173 g/mol. The van der Waals surface area contributed by atoms with Crippen molar-refractivity contribution in [2.24, 2.45) is 5.73 Å². The maximum Gasteiger partial charge on any atom is 0.325 e. The van der Waals surface area contributed by atoms with Gasteiger partial charge in [-0.2, -0.15) is 0 Å². The van der Waals surface area contributed by atoms with Crippen LogP contribution in [0.15, 0.2) is 12.2 Å². The van der Waals surface area contributed by atoms with Gasteiger partial charge in [-0.1, -0.05) is 6.58 Å². The second kappa shape index (κ2) is 4.90. The van der Waals surface area contributed by atoms with Gasteiger partial charge in [0, 0.05) is 0 Å².